The van der Waals surface area contributed by atoms with E-state index in [0.717, 1.165) is 6.07 Å². The molecule has 21 nitrogen and oxygen atoms in total. The van der Waals surface area contributed by atoms with E-state index in [-0.39, 0.29) is 36.5 Å². The van der Waals surface area contributed by atoms with Crippen molar-refractivity contribution in [3.8, 4) is 11.5 Å². The van der Waals surface area contributed by atoms with Crippen LogP contribution in [0.5, 0.6) is 11.5 Å². The summed E-state index contributed by atoms with van der Waals surface area (Å²) >= 11 is 0. The van der Waals surface area contributed by atoms with Gasteiger partial charge in [-0.05, 0) is 23.3 Å². The Morgan fingerprint density at radius 2 is 1.57 bits per heavy atom. The second kappa shape index (κ2) is 15.0. The number of fused-ring (bicyclic) bond motifs is 1. The monoisotopic (exact) mass is 728 g/mol. The number of phenols is 1. The average molecular weight is 729 g/mol. The third-order valence-corrected chi connectivity index (χ3v) is 8.89. The summed E-state index contributed by atoms with van der Waals surface area (Å²) in [6.45, 7) is -1.01. The van der Waals surface area contributed by atoms with Gasteiger partial charge in [0.05, 0.1) is 6.61 Å². The number of nitrogens with zero attached hydrogens (tertiary/aromatic N) is 1. The van der Waals surface area contributed by atoms with E-state index in [1.165, 1.54) is 23.1 Å². The molecule has 0 spiro atoms. The Labute approximate surface area is 286 Å². The number of hydrogen-bond donors (Lipinski definition) is 12. The van der Waals surface area contributed by atoms with Gasteiger partial charge in [-0.3, -0.25) is 0 Å². The molecule has 21 heteroatoms. The van der Waals surface area contributed by atoms with Crippen LogP contribution in [0.1, 0.15) is 12.0 Å². The normalized spacial score (nSPS) is 35.8. The number of aromatic hydroxyl groups is 1. The summed E-state index contributed by atoms with van der Waals surface area (Å²) in [7, 11) is 0. The number of hydrogen-bond acceptors (Lipinski definition) is 17. The zero-order valence-corrected chi connectivity index (χ0v) is 26.2. The molecular weight excluding hydrogens is 692 g/mol. The number of aliphatic hydroxyl groups is 6. The van der Waals surface area contributed by atoms with E-state index in [1.54, 1.807) is 0 Å². The fourth-order valence-corrected chi connectivity index (χ4v) is 6.19. The van der Waals surface area contributed by atoms with E-state index < -0.39 is 110 Å². The van der Waals surface area contributed by atoms with Gasteiger partial charge in [0.1, 0.15) is 54.4 Å². The predicted octanol–water partition coefficient (Wildman–Crippen LogP) is -4.36. The molecule has 0 saturated carbocycles. The van der Waals surface area contributed by atoms with Crippen molar-refractivity contribution in [3.05, 3.63) is 41.1 Å². The highest BCUT2D eigenvalue weighted by Crippen LogP contribution is 2.42. The van der Waals surface area contributed by atoms with Crippen molar-refractivity contribution < 1.29 is 94.3 Å². The van der Waals surface area contributed by atoms with Gasteiger partial charge in [0, 0.05) is 31.1 Å². The molecule has 51 heavy (non-hydrogen) atoms. The van der Waals surface area contributed by atoms with Gasteiger partial charge >= 0.3 is 23.9 Å². The fraction of sp³-hybridized carbons (Fsp3) is 0.533. The maximum atomic E-state index is 12.3. The van der Waals surface area contributed by atoms with E-state index in [4.69, 9.17) is 18.9 Å². The Bertz CT molecular complexity index is 1600. The number of ether oxygens (including phenoxy) is 4. The highest BCUT2D eigenvalue weighted by atomic mass is 16.8. The van der Waals surface area contributed by atoms with Crippen molar-refractivity contribution in [1.29, 1.82) is 0 Å². The number of aliphatic carboxylic acids is 4. The summed E-state index contributed by atoms with van der Waals surface area (Å²) in [5, 5.41) is 113. The largest absolute Gasteiger partial charge is 0.504 e. The van der Waals surface area contributed by atoms with Gasteiger partial charge in [-0.15, -0.1) is 0 Å². The van der Waals surface area contributed by atoms with Crippen molar-refractivity contribution in [3.63, 3.8) is 0 Å². The first-order valence-corrected chi connectivity index (χ1v) is 15.4. The minimum atomic E-state index is -2.09. The third kappa shape index (κ3) is 7.56. The van der Waals surface area contributed by atoms with E-state index in [1.807, 2.05) is 0 Å². The Balaban J connectivity index is 1.42. The number of aliphatic hydroxyl groups excluding tert-OH is 6. The number of allylic oxidation sites excluding steroid dienone is 1. The molecule has 2 fully saturated rings. The summed E-state index contributed by atoms with van der Waals surface area (Å²) in [6, 6.07) is -0.0816. The topological polar surface area (TPSA) is 343 Å². The maximum absolute atomic E-state index is 12.3. The van der Waals surface area contributed by atoms with Crippen LogP contribution < -0.4 is 15.0 Å². The molecular formula is C30H36N2O19. The van der Waals surface area contributed by atoms with E-state index in [2.05, 4.69) is 5.32 Å². The van der Waals surface area contributed by atoms with Crippen molar-refractivity contribution in [2.45, 2.75) is 86.3 Å². The lowest BCUT2D eigenvalue weighted by Crippen LogP contribution is -2.65. The molecule has 0 aliphatic carbocycles. The first-order valence-electron chi connectivity index (χ1n) is 15.4. The first-order chi connectivity index (χ1) is 24.0. The molecule has 1 aromatic carbocycles. The molecule has 5 rings (SSSR count). The minimum Gasteiger partial charge on any atom is -0.504 e. The number of carboxylic acids is 4. The lowest BCUT2D eigenvalue weighted by Gasteiger charge is -2.45. The molecule has 2 saturated heterocycles. The molecule has 4 aliphatic rings. The summed E-state index contributed by atoms with van der Waals surface area (Å²) in [5.41, 5.74) is 0.444. The minimum absolute atomic E-state index is 0.109. The second-order valence-electron chi connectivity index (χ2n) is 12.2. The Kier molecular flexibility index (Phi) is 11.0. The number of carbonyl (C=O) groups is 4. The summed E-state index contributed by atoms with van der Waals surface area (Å²) in [6.07, 6.45) is -17.0. The maximum Gasteiger partial charge on any atom is 0.351 e. The quantitative estimate of drug-likeness (QED) is 0.102. The SMILES string of the molecule is O=C(O)C1=C/C(=C\CN2c3cc(O)c(O[C@@H]4O[C@H](CO)[C@@H](O)[C@H](O)[C@H]4O[C@@H]4O[C@H](C(=O)O)[C@@H](O)[C@H](O)[C@H]4O)cc3C[C@H]2C(=O)O)C[C@@H](C(=O)O)N1. The van der Waals surface area contributed by atoms with E-state index >= 15 is 0 Å². The van der Waals surface area contributed by atoms with Crippen LogP contribution in [-0.2, 0) is 39.8 Å². The van der Waals surface area contributed by atoms with Crippen LogP contribution in [0.4, 0.5) is 5.69 Å². The summed E-state index contributed by atoms with van der Waals surface area (Å²) in [4.78, 5) is 48.3. The molecule has 0 aromatic heterocycles. The number of rotatable bonds is 11. The second-order valence-corrected chi connectivity index (χ2v) is 12.2. The van der Waals surface area contributed by atoms with E-state index in [0.29, 0.717) is 11.1 Å². The van der Waals surface area contributed by atoms with Crippen molar-refractivity contribution in [2.75, 3.05) is 18.1 Å². The van der Waals surface area contributed by atoms with Gasteiger partial charge < -0.3 is 85.3 Å². The Morgan fingerprint density at radius 3 is 2.18 bits per heavy atom. The van der Waals surface area contributed by atoms with Gasteiger partial charge in [-0.1, -0.05) is 6.08 Å². The molecule has 1 aromatic rings. The average Bonchev–Trinajstić information content (AvgIpc) is 3.43. The molecule has 0 amide bonds. The highest BCUT2D eigenvalue weighted by Gasteiger charge is 2.53. The molecule has 0 bridgehead atoms. The van der Waals surface area contributed by atoms with Gasteiger partial charge in [-0.25, -0.2) is 19.2 Å². The summed E-state index contributed by atoms with van der Waals surface area (Å²) in [5.74, 6) is -6.69. The summed E-state index contributed by atoms with van der Waals surface area (Å²) < 4.78 is 22.0. The van der Waals surface area contributed by atoms with Crippen LogP contribution in [0.15, 0.2) is 35.6 Å². The van der Waals surface area contributed by atoms with Crippen LogP contribution in [-0.4, -0.2) is 167 Å². The van der Waals surface area contributed by atoms with Gasteiger partial charge in [0.25, 0.3) is 0 Å². The van der Waals surface area contributed by atoms with Crippen LogP contribution in [0.2, 0.25) is 0 Å². The Hall–Kier alpha value is -4.58. The van der Waals surface area contributed by atoms with Crippen LogP contribution in [0.3, 0.4) is 0 Å². The number of carboxylic acid groups (broad SMARTS) is 4. The first kappa shape index (κ1) is 37.7. The molecule has 280 valence electrons. The highest BCUT2D eigenvalue weighted by molar-refractivity contribution is 5.89. The zero-order valence-electron chi connectivity index (χ0n) is 26.2. The number of phenolic OH excluding ortho intramolecular Hbond substituents is 1. The third-order valence-electron chi connectivity index (χ3n) is 8.89. The predicted molar refractivity (Wildman–Crippen MR) is 161 cm³/mol. The molecule has 0 radical (unpaired) electrons. The van der Waals surface area contributed by atoms with Crippen LogP contribution in [0.25, 0.3) is 0 Å². The van der Waals surface area contributed by atoms with Crippen molar-refractivity contribution in [2.24, 2.45) is 0 Å². The fourth-order valence-electron chi connectivity index (χ4n) is 6.19. The number of nitrogens with one attached hydrogen (secondary N) is 1. The van der Waals surface area contributed by atoms with Gasteiger partial charge in [0.15, 0.2) is 30.0 Å². The van der Waals surface area contributed by atoms with Crippen LogP contribution >= 0.6 is 0 Å². The van der Waals surface area contributed by atoms with E-state index in [9.17, 15) is 75.3 Å². The van der Waals surface area contributed by atoms with Crippen molar-refractivity contribution in [1.82, 2.24) is 5.32 Å². The lowest BCUT2D eigenvalue weighted by molar-refractivity contribution is -0.353. The molecule has 0 unspecified atom stereocenters. The number of benzene rings is 1. The Morgan fingerprint density at radius 1 is 0.863 bits per heavy atom. The van der Waals surface area contributed by atoms with Gasteiger partial charge in [0.2, 0.25) is 6.29 Å². The molecule has 4 heterocycles. The lowest BCUT2D eigenvalue weighted by atomic mass is 9.97. The standard InChI is InChI=1S/C30H36N2O19/c33-8-17-18(35)20(37)24(51-29-22(39)19(36)21(38)23(50-29)28(46)47)30(49-17)48-16-6-10-5-14(27(44)45)32(13(10)7-15(16)34)2-1-9-3-11(25(40)41)31-12(4-9)26(42)43/h1,3,6-7,12,14,17-24,29-31,33-39H,2,4-5,8H2,(H,40,41)(H,42,43)(H,44,45)(H,46,47)/b9-1+/t12-,14-,17+,18+,19-,20-,21-,22+,23-,24+,29-,30+/m0/s1. The van der Waals surface area contributed by atoms with Crippen molar-refractivity contribution >= 4 is 29.6 Å². The number of anilines is 1. The molecule has 12 N–H and O–H groups in total. The molecule has 4 aliphatic heterocycles. The van der Waals surface area contributed by atoms with Gasteiger partial charge in [-0.2, -0.15) is 0 Å². The zero-order chi connectivity index (χ0) is 37.5. The smallest absolute Gasteiger partial charge is 0.351 e. The van der Waals surface area contributed by atoms with Crippen LogP contribution in [0, 0.1) is 0 Å². The molecule has 12 atom stereocenters.